The number of H-pyrrole nitrogens is 1. The summed E-state index contributed by atoms with van der Waals surface area (Å²) in [5.74, 6) is 0. The Bertz CT molecular complexity index is 715. The largest absolute Gasteiger partial charge is 0.318 e. The summed E-state index contributed by atoms with van der Waals surface area (Å²) in [6.45, 7) is 0. The third kappa shape index (κ3) is 1.78. The molecule has 0 saturated heterocycles. The lowest BCUT2D eigenvalue weighted by Crippen LogP contribution is -2.38. The zero-order valence-electron chi connectivity index (χ0n) is 9.52. The Morgan fingerprint density at radius 3 is 2.78 bits per heavy atom. The summed E-state index contributed by atoms with van der Waals surface area (Å²) in [6.07, 6.45) is 5.47. The van der Waals surface area contributed by atoms with E-state index in [1.54, 1.807) is 0 Å². The number of aromatic nitrogens is 4. The van der Waals surface area contributed by atoms with Crippen LogP contribution in [-0.4, -0.2) is 19.5 Å². The standard InChI is InChI=1S/C11H11BrN4O2/c12-7-5-13-8-9(14-7)16(6-3-1-2-4-6)11(18)10(17)15-8/h5-6H,1-4H2,(H,13,15,17). The van der Waals surface area contributed by atoms with Gasteiger partial charge in [0.15, 0.2) is 11.3 Å². The minimum atomic E-state index is -0.633. The van der Waals surface area contributed by atoms with Crippen molar-refractivity contribution < 1.29 is 0 Å². The van der Waals surface area contributed by atoms with Gasteiger partial charge in [-0.3, -0.25) is 19.1 Å². The second kappa shape index (κ2) is 4.31. The number of aromatic amines is 1. The third-order valence-electron chi connectivity index (χ3n) is 3.29. The van der Waals surface area contributed by atoms with Gasteiger partial charge in [-0.1, -0.05) is 12.8 Å². The number of halogens is 1. The molecule has 1 aliphatic rings. The van der Waals surface area contributed by atoms with E-state index in [9.17, 15) is 9.59 Å². The Labute approximate surface area is 110 Å². The molecule has 0 radical (unpaired) electrons. The summed E-state index contributed by atoms with van der Waals surface area (Å²) in [5, 5.41) is 0. The fraction of sp³-hybridized carbons (Fsp3) is 0.455. The van der Waals surface area contributed by atoms with Crippen molar-refractivity contribution >= 4 is 27.2 Å². The second-order valence-corrected chi connectivity index (χ2v) is 5.24. The average molecular weight is 311 g/mol. The average Bonchev–Trinajstić information content (AvgIpc) is 2.85. The highest BCUT2D eigenvalue weighted by atomic mass is 79.9. The molecule has 18 heavy (non-hydrogen) atoms. The zero-order chi connectivity index (χ0) is 12.7. The molecule has 1 saturated carbocycles. The van der Waals surface area contributed by atoms with E-state index in [2.05, 4.69) is 30.9 Å². The third-order valence-corrected chi connectivity index (χ3v) is 3.67. The minimum Gasteiger partial charge on any atom is -0.299 e. The molecule has 0 aromatic carbocycles. The monoisotopic (exact) mass is 310 g/mol. The Morgan fingerprint density at radius 1 is 1.33 bits per heavy atom. The van der Waals surface area contributed by atoms with Crippen molar-refractivity contribution in [3.8, 4) is 0 Å². The topological polar surface area (TPSA) is 80.6 Å². The molecule has 7 heteroatoms. The Balaban J connectivity index is 2.38. The van der Waals surface area contributed by atoms with Crippen LogP contribution < -0.4 is 11.1 Å². The molecule has 2 heterocycles. The molecule has 3 rings (SSSR count). The van der Waals surface area contributed by atoms with Crippen LogP contribution in [0.1, 0.15) is 31.7 Å². The molecule has 0 spiro atoms. The van der Waals surface area contributed by atoms with Crippen LogP contribution in [0.3, 0.4) is 0 Å². The molecule has 0 bridgehead atoms. The van der Waals surface area contributed by atoms with Gasteiger partial charge in [0.25, 0.3) is 0 Å². The Hall–Kier alpha value is -1.50. The van der Waals surface area contributed by atoms with Crippen LogP contribution >= 0.6 is 15.9 Å². The van der Waals surface area contributed by atoms with E-state index in [1.807, 2.05) is 0 Å². The van der Waals surface area contributed by atoms with Crippen LogP contribution in [0.15, 0.2) is 20.4 Å². The highest BCUT2D eigenvalue weighted by Crippen LogP contribution is 2.29. The van der Waals surface area contributed by atoms with Crippen LogP contribution in [0, 0.1) is 0 Å². The summed E-state index contributed by atoms with van der Waals surface area (Å²) in [7, 11) is 0. The van der Waals surface area contributed by atoms with Gasteiger partial charge >= 0.3 is 11.1 Å². The first-order chi connectivity index (χ1) is 8.66. The molecule has 0 atom stereocenters. The summed E-state index contributed by atoms with van der Waals surface area (Å²) in [5.41, 5.74) is -0.372. The van der Waals surface area contributed by atoms with Crippen LogP contribution in [0.4, 0.5) is 0 Å². The van der Waals surface area contributed by atoms with Crippen molar-refractivity contribution in [2.75, 3.05) is 0 Å². The lowest BCUT2D eigenvalue weighted by atomic mass is 10.2. The normalized spacial score (nSPS) is 16.5. The van der Waals surface area contributed by atoms with Crippen LogP contribution in [0.25, 0.3) is 11.3 Å². The highest BCUT2D eigenvalue weighted by Gasteiger charge is 2.22. The lowest BCUT2D eigenvalue weighted by Gasteiger charge is -2.14. The van der Waals surface area contributed by atoms with Gasteiger partial charge in [0.05, 0.1) is 6.20 Å². The first kappa shape index (κ1) is 11.6. The van der Waals surface area contributed by atoms with Gasteiger partial charge in [0.1, 0.15) is 4.60 Å². The minimum absolute atomic E-state index is 0.0610. The van der Waals surface area contributed by atoms with Crippen molar-refractivity contribution in [1.29, 1.82) is 0 Å². The number of nitrogens with zero attached hydrogens (tertiary/aromatic N) is 3. The molecule has 94 valence electrons. The Kier molecular flexibility index (Phi) is 2.77. The number of rotatable bonds is 1. The molecule has 1 N–H and O–H groups in total. The van der Waals surface area contributed by atoms with Gasteiger partial charge in [-0.25, -0.2) is 9.97 Å². The van der Waals surface area contributed by atoms with E-state index >= 15 is 0 Å². The maximum Gasteiger partial charge on any atom is 0.318 e. The van der Waals surface area contributed by atoms with E-state index in [0.29, 0.717) is 15.9 Å². The molecule has 6 nitrogen and oxygen atoms in total. The molecular weight excluding hydrogens is 300 g/mol. The molecule has 2 aromatic rings. The van der Waals surface area contributed by atoms with Crippen LogP contribution in [0.2, 0.25) is 0 Å². The molecule has 1 fully saturated rings. The fourth-order valence-electron chi connectivity index (χ4n) is 2.48. The van der Waals surface area contributed by atoms with Crippen molar-refractivity contribution in [1.82, 2.24) is 19.5 Å². The van der Waals surface area contributed by atoms with Crippen molar-refractivity contribution in [2.24, 2.45) is 0 Å². The summed E-state index contributed by atoms with van der Waals surface area (Å²) < 4.78 is 2.05. The van der Waals surface area contributed by atoms with E-state index in [0.717, 1.165) is 25.7 Å². The van der Waals surface area contributed by atoms with Gasteiger partial charge in [-0.15, -0.1) is 0 Å². The van der Waals surface area contributed by atoms with E-state index in [4.69, 9.17) is 0 Å². The van der Waals surface area contributed by atoms with Crippen molar-refractivity contribution in [3.63, 3.8) is 0 Å². The molecule has 0 unspecified atom stereocenters. The summed E-state index contributed by atoms with van der Waals surface area (Å²) in [6, 6.07) is 0.0610. The fourth-order valence-corrected chi connectivity index (χ4v) is 2.75. The van der Waals surface area contributed by atoms with Gasteiger partial charge in [-0.2, -0.15) is 0 Å². The predicted molar refractivity (Wildman–Crippen MR) is 69.6 cm³/mol. The van der Waals surface area contributed by atoms with Gasteiger partial charge in [-0.05, 0) is 28.8 Å². The van der Waals surface area contributed by atoms with Crippen LogP contribution in [-0.2, 0) is 0 Å². The first-order valence-electron chi connectivity index (χ1n) is 5.84. The highest BCUT2D eigenvalue weighted by molar-refractivity contribution is 9.10. The number of hydrogen-bond donors (Lipinski definition) is 1. The molecule has 0 amide bonds. The first-order valence-corrected chi connectivity index (χ1v) is 6.63. The van der Waals surface area contributed by atoms with Gasteiger partial charge in [0, 0.05) is 6.04 Å². The number of hydrogen-bond acceptors (Lipinski definition) is 4. The maximum atomic E-state index is 12.0. The van der Waals surface area contributed by atoms with Gasteiger partial charge in [0.2, 0.25) is 0 Å². The number of nitrogens with one attached hydrogen (secondary N) is 1. The Morgan fingerprint density at radius 2 is 2.06 bits per heavy atom. The van der Waals surface area contributed by atoms with Crippen molar-refractivity contribution in [3.05, 3.63) is 31.5 Å². The smallest absolute Gasteiger partial charge is 0.299 e. The van der Waals surface area contributed by atoms with E-state index in [-0.39, 0.29) is 6.04 Å². The lowest BCUT2D eigenvalue weighted by molar-refractivity contribution is 0.510. The SMILES string of the molecule is O=c1[nH]c2ncc(Br)nc2n(C2CCCC2)c1=O. The molecule has 2 aromatic heterocycles. The molecular formula is C11H11BrN4O2. The maximum absolute atomic E-state index is 12.0. The van der Waals surface area contributed by atoms with E-state index < -0.39 is 11.1 Å². The predicted octanol–water partition coefficient (Wildman–Crippen LogP) is 1.36. The van der Waals surface area contributed by atoms with Crippen molar-refractivity contribution in [2.45, 2.75) is 31.7 Å². The quantitative estimate of drug-likeness (QED) is 0.806. The summed E-state index contributed by atoms with van der Waals surface area (Å²) >= 11 is 3.24. The van der Waals surface area contributed by atoms with E-state index in [1.165, 1.54) is 10.8 Å². The summed E-state index contributed by atoms with van der Waals surface area (Å²) in [4.78, 5) is 34.5. The zero-order valence-corrected chi connectivity index (χ0v) is 11.1. The molecule has 1 aliphatic carbocycles. The van der Waals surface area contributed by atoms with Gasteiger partial charge < -0.3 is 0 Å². The molecule has 0 aliphatic heterocycles. The second-order valence-electron chi connectivity index (χ2n) is 4.43. The number of fused-ring (bicyclic) bond motifs is 1. The van der Waals surface area contributed by atoms with Crippen LogP contribution in [0.5, 0.6) is 0 Å².